The number of hydrogen-bond donors (Lipinski definition) is 0. The number of likely N-dealkylation sites (tertiary alicyclic amines) is 1. The van der Waals surface area contributed by atoms with E-state index in [0.717, 1.165) is 63.9 Å². The molecular weight excluding hydrogens is 362 g/mol. The minimum absolute atomic E-state index is 0.256. The van der Waals surface area contributed by atoms with E-state index in [9.17, 15) is 8.42 Å². The highest BCUT2D eigenvalue weighted by Crippen LogP contribution is 2.28. The number of rotatable bonds is 7. The van der Waals surface area contributed by atoms with Gasteiger partial charge in [0.25, 0.3) is 0 Å². The summed E-state index contributed by atoms with van der Waals surface area (Å²) < 4.78 is 33.8. The van der Waals surface area contributed by atoms with E-state index in [4.69, 9.17) is 4.74 Å². The zero-order valence-electron chi connectivity index (χ0n) is 16.9. The van der Waals surface area contributed by atoms with Gasteiger partial charge in [0.1, 0.15) is 0 Å². The second kappa shape index (κ2) is 9.52. The zero-order valence-corrected chi connectivity index (χ0v) is 17.7. The Hall–Kier alpha value is -0.920. The molecule has 1 aromatic heterocycles. The Labute approximate surface area is 164 Å². The molecule has 0 N–H and O–H groups in total. The molecule has 0 amide bonds. The van der Waals surface area contributed by atoms with E-state index >= 15 is 0 Å². The summed E-state index contributed by atoms with van der Waals surface area (Å²) >= 11 is 0. The summed E-state index contributed by atoms with van der Waals surface area (Å²) in [7, 11) is -1.74. The first kappa shape index (κ1) is 20.8. The van der Waals surface area contributed by atoms with Crippen LogP contribution in [-0.2, 0) is 27.7 Å². The van der Waals surface area contributed by atoms with Crippen molar-refractivity contribution in [1.82, 2.24) is 14.5 Å². The van der Waals surface area contributed by atoms with E-state index in [1.807, 2.05) is 4.57 Å². The maximum atomic E-state index is 13.3. The summed E-state index contributed by atoms with van der Waals surface area (Å²) in [5.74, 6) is 0.697. The smallest absolute Gasteiger partial charge is 0.228 e. The number of piperidine rings is 1. The van der Waals surface area contributed by atoms with Gasteiger partial charge >= 0.3 is 0 Å². The lowest BCUT2D eigenvalue weighted by Gasteiger charge is -2.31. The molecular formula is C20H35N3O3S. The fraction of sp³-hybridized carbons (Fsp3) is 0.850. The van der Waals surface area contributed by atoms with E-state index in [2.05, 4.69) is 16.8 Å². The lowest BCUT2D eigenvalue weighted by Crippen LogP contribution is -2.34. The van der Waals surface area contributed by atoms with Gasteiger partial charge < -0.3 is 9.30 Å². The van der Waals surface area contributed by atoms with Gasteiger partial charge in [0.05, 0.1) is 23.7 Å². The molecule has 1 saturated heterocycles. The van der Waals surface area contributed by atoms with Crippen LogP contribution in [0.1, 0.15) is 64.0 Å². The molecule has 1 unspecified atom stereocenters. The van der Waals surface area contributed by atoms with Crippen LogP contribution in [0.4, 0.5) is 0 Å². The summed E-state index contributed by atoms with van der Waals surface area (Å²) in [5, 5.41) is -0.0296. The van der Waals surface area contributed by atoms with E-state index in [1.165, 1.54) is 12.8 Å². The molecule has 2 fully saturated rings. The Morgan fingerprint density at radius 1 is 1.15 bits per heavy atom. The Morgan fingerprint density at radius 3 is 2.56 bits per heavy atom. The normalized spacial score (nSPS) is 23.4. The van der Waals surface area contributed by atoms with Crippen molar-refractivity contribution < 1.29 is 13.2 Å². The van der Waals surface area contributed by atoms with Crippen LogP contribution < -0.4 is 0 Å². The van der Waals surface area contributed by atoms with Crippen LogP contribution >= 0.6 is 0 Å². The van der Waals surface area contributed by atoms with Crippen LogP contribution in [0.5, 0.6) is 0 Å². The second-order valence-corrected chi connectivity index (χ2v) is 10.4. The maximum Gasteiger partial charge on any atom is 0.228 e. The van der Waals surface area contributed by atoms with Gasteiger partial charge in [-0.3, -0.25) is 4.90 Å². The van der Waals surface area contributed by atoms with Crippen LogP contribution in [0.25, 0.3) is 0 Å². The minimum atomic E-state index is -3.40. The van der Waals surface area contributed by atoms with E-state index in [1.54, 1.807) is 13.3 Å². The largest absolute Gasteiger partial charge is 0.383 e. The van der Waals surface area contributed by atoms with Crippen LogP contribution in [0.15, 0.2) is 11.4 Å². The third kappa shape index (κ3) is 5.12. The molecule has 1 aliphatic carbocycles. The van der Waals surface area contributed by atoms with Crippen molar-refractivity contribution in [3.8, 4) is 0 Å². The Balaban J connectivity index is 1.84. The van der Waals surface area contributed by atoms with Crippen LogP contribution in [0.3, 0.4) is 0 Å². The lowest BCUT2D eigenvalue weighted by molar-refractivity contribution is 0.164. The Kier molecular flexibility index (Phi) is 7.34. The fourth-order valence-electron chi connectivity index (χ4n) is 4.53. The van der Waals surface area contributed by atoms with Crippen molar-refractivity contribution in [2.75, 3.05) is 26.8 Å². The first-order valence-corrected chi connectivity index (χ1v) is 12.1. The molecule has 0 spiro atoms. The third-order valence-electron chi connectivity index (χ3n) is 6.04. The van der Waals surface area contributed by atoms with E-state index in [0.29, 0.717) is 19.1 Å². The van der Waals surface area contributed by atoms with Crippen LogP contribution in [0, 0.1) is 5.92 Å². The lowest BCUT2D eigenvalue weighted by atomic mass is 10.0. The molecule has 154 valence electrons. The average Bonchev–Trinajstić information content (AvgIpc) is 2.85. The molecule has 1 atom stereocenters. The van der Waals surface area contributed by atoms with Gasteiger partial charge in [-0.2, -0.15) is 0 Å². The predicted molar refractivity (Wildman–Crippen MR) is 106 cm³/mol. The average molecular weight is 398 g/mol. The molecule has 1 aromatic rings. The molecule has 6 nitrogen and oxygen atoms in total. The monoisotopic (exact) mass is 397 g/mol. The fourth-order valence-corrected chi connectivity index (χ4v) is 6.50. The number of nitrogens with zero attached hydrogens (tertiary/aromatic N) is 3. The highest BCUT2D eigenvalue weighted by Gasteiger charge is 2.33. The van der Waals surface area contributed by atoms with Gasteiger partial charge in [-0.15, -0.1) is 0 Å². The minimum Gasteiger partial charge on any atom is -0.383 e. The van der Waals surface area contributed by atoms with Gasteiger partial charge in [-0.05, 0) is 38.1 Å². The molecule has 0 aromatic carbocycles. The van der Waals surface area contributed by atoms with Gasteiger partial charge in [-0.25, -0.2) is 13.4 Å². The summed E-state index contributed by atoms with van der Waals surface area (Å²) in [5.41, 5.74) is 0.994. The highest BCUT2D eigenvalue weighted by atomic mass is 32.2. The topological polar surface area (TPSA) is 64.4 Å². The van der Waals surface area contributed by atoms with Crippen molar-refractivity contribution in [3.05, 3.63) is 11.9 Å². The van der Waals surface area contributed by atoms with Gasteiger partial charge in [0, 0.05) is 26.7 Å². The number of methoxy groups -OCH3 is 1. The molecule has 1 saturated carbocycles. The zero-order chi connectivity index (χ0) is 19.3. The molecule has 1 aliphatic heterocycles. The van der Waals surface area contributed by atoms with Gasteiger partial charge in [-0.1, -0.05) is 32.6 Å². The second-order valence-electron chi connectivity index (χ2n) is 8.32. The summed E-state index contributed by atoms with van der Waals surface area (Å²) in [6.07, 6.45) is 10.1. The number of sulfone groups is 1. The summed E-state index contributed by atoms with van der Waals surface area (Å²) in [6.45, 7) is 6.23. The SMILES string of the molecule is COCCn1c(CN2CCCC(C)C2)cnc1S(=O)(=O)C1CCCCCC1. The molecule has 0 bridgehead atoms. The Bertz CT molecular complexity index is 693. The van der Waals surface area contributed by atoms with Gasteiger partial charge in [0.2, 0.25) is 15.0 Å². The predicted octanol–water partition coefficient (Wildman–Crippen LogP) is 3.26. The Morgan fingerprint density at radius 2 is 1.89 bits per heavy atom. The number of hydrogen-bond acceptors (Lipinski definition) is 5. The number of ether oxygens (including phenoxy) is 1. The van der Waals surface area contributed by atoms with Crippen molar-refractivity contribution in [3.63, 3.8) is 0 Å². The molecule has 7 heteroatoms. The van der Waals surface area contributed by atoms with Crippen LogP contribution in [-0.4, -0.2) is 54.9 Å². The molecule has 27 heavy (non-hydrogen) atoms. The standard InChI is InChI=1S/C20H35N3O3S/c1-17-8-7-11-22(15-17)16-18-14-21-20(23(18)12-13-26-2)27(24,25)19-9-5-3-4-6-10-19/h14,17,19H,3-13,15-16H2,1-2H3. The van der Waals surface area contributed by atoms with Gasteiger partial charge in [0.15, 0.2) is 0 Å². The van der Waals surface area contributed by atoms with Crippen molar-refractivity contribution in [1.29, 1.82) is 0 Å². The number of imidazole rings is 1. The van der Waals surface area contributed by atoms with E-state index in [-0.39, 0.29) is 10.4 Å². The first-order chi connectivity index (χ1) is 13.0. The van der Waals surface area contributed by atoms with Crippen LogP contribution in [0.2, 0.25) is 0 Å². The van der Waals surface area contributed by atoms with E-state index < -0.39 is 9.84 Å². The van der Waals surface area contributed by atoms with Crippen molar-refractivity contribution >= 4 is 9.84 Å². The summed E-state index contributed by atoms with van der Waals surface area (Å²) in [4.78, 5) is 6.85. The molecule has 0 radical (unpaired) electrons. The molecule has 2 heterocycles. The quantitative estimate of drug-likeness (QED) is 0.661. The summed E-state index contributed by atoms with van der Waals surface area (Å²) in [6, 6.07) is 0. The number of aromatic nitrogens is 2. The first-order valence-electron chi connectivity index (χ1n) is 10.5. The molecule has 3 rings (SSSR count). The highest BCUT2D eigenvalue weighted by molar-refractivity contribution is 7.91. The maximum absolute atomic E-state index is 13.3. The third-order valence-corrected chi connectivity index (χ3v) is 8.23. The van der Waals surface area contributed by atoms with Crippen molar-refractivity contribution in [2.45, 2.75) is 81.8 Å². The van der Waals surface area contributed by atoms with Crippen molar-refractivity contribution in [2.24, 2.45) is 5.92 Å². The molecule has 2 aliphatic rings.